The summed E-state index contributed by atoms with van der Waals surface area (Å²) in [6, 6.07) is 7.47. The molecule has 2 atom stereocenters. The van der Waals surface area contributed by atoms with E-state index in [1.165, 1.54) is 6.07 Å². The molecule has 3 rings (SSSR count). The van der Waals surface area contributed by atoms with Crippen LogP contribution in [0, 0.1) is 5.82 Å². The molecule has 37 heavy (non-hydrogen) atoms. The SMILES string of the molecule is CC[S+]([O-])c1ccc(Cl)cc1CNC(=O)c1cc(F)c(CN2CC[C@@H](NC(=O)OC(C)(C)C)C2)c(Cl)c1. The summed E-state index contributed by atoms with van der Waals surface area (Å²) in [7, 11) is 0. The Balaban J connectivity index is 1.61. The third-order valence-electron chi connectivity index (χ3n) is 5.75. The van der Waals surface area contributed by atoms with E-state index < -0.39 is 34.6 Å². The molecular formula is C26H32Cl2FN3O4S. The minimum Gasteiger partial charge on any atom is -0.611 e. The molecule has 0 aromatic heterocycles. The number of halogens is 3. The number of hydrogen-bond donors (Lipinski definition) is 2. The first kappa shape index (κ1) is 29.5. The van der Waals surface area contributed by atoms with Crippen LogP contribution in [0.15, 0.2) is 35.2 Å². The molecule has 0 spiro atoms. The summed E-state index contributed by atoms with van der Waals surface area (Å²) in [5.74, 6) is -0.667. The van der Waals surface area contributed by atoms with Gasteiger partial charge in [0.05, 0.1) is 0 Å². The van der Waals surface area contributed by atoms with Gasteiger partial charge >= 0.3 is 6.09 Å². The van der Waals surface area contributed by atoms with Crippen molar-refractivity contribution in [2.24, 2.45) is 0 Å². The molecule has 7 nitrogen and oxygen atoms in total. The fourth-order valence-electron chi connectivity index (χ4n) is 4.02. The van der Waals surface area contributed by atoms with Gasteiger partial charge in [-0.2, -0.15) is 0 Å². The van der Waals surface area contributed by atoms with Gasteiger partial charge in [-0.25, -0.2) is 9.18 Å². The Hall–Kier alpha value is -2.04. The Kier molecular flexibility index (Phi) is 10.1. The van der Waals surface area contributed by atoms with Crippen LogP contribution in [-0.2, 0) is 29.0 Å². The molecule has 0 saturated carbocycles. The second-order valence-corrected chi connectivity index (χ2v) is 12.4. The Morgan fingerprint density at radius 2 is 1.97 bits per heavy atom. The predicted octanol–water partition coefficient (Wildman–Crippen LogP) is 5.29. The van der Waals surface area contributed by atoms with Gasteiger partial charge in [0.2, 0.25) is 0 Å². The minimum absolute atomic E-state index is 0.0809. The van der Waals surface area contributed by atoms with E-state index in [2.05, 4.69) is 10.6 Å². The van der Waals surface area contributed by atoms with Crippen molar-refractivity contribution in [3.63, 3.8) is 0 Å². The zero-order valence-corrected chi connectivity index (χ0v) is 23.7. The highest BCUT2D eigenvalue weighted by Gasteiger charge is 2.27. The second kappa shape index (κ2) is 12.7. The van der Waals surface area contributed by atoms with Gasteiger partial charge in [-0.05, 0) is 75.6 Å². The molecule has 11 heteroatoms. The molecule has 202 valence electrons. The Morgan fingerprint density at radius 3 is 2.62 bits per heavy atom. The topological polar surface area (TPSA) is 93.7 Å². The molecule has 0 aliphatic carbocycles. The lowest BCUT2D eigenvalue weighted by atomic mass is 10.1. The number of hydrogen-bond acceptors (Lipinski definition) is 5. The quantitative estimate of drug-likeness (QED) is 0.420. The smallest absolute Gasteiger partial charge is 0.407 e. The number of alkyl carbamates (subject to hydrolysis) is 1. The first-order valence-electron chi connectivity index (χ1n) is 12.0. The van der Waals surface area contributed by atoms with E-state index in [0.29, 0.717) is 40.7 Å². The third-order valence-corrected chi connectivity index (χ3v) is 7.73. The highest BCUT2D eigenvalue weighted by atomic mass is 35.5. The number of nitrogens with one attached hydrogen (secondary N) is 2. The van der Waals surface area contributed by atoms with Crippen molar-refractivity contribution in [3.8, 4) is 0 Å². The first-order chi connectivity index (χ1) is 17.4. The summed E-state index contributed by atoms with van der Waals surface area (Å²) in [5.41, 5.74) is 0.411. The molecule has 1 aliphatic rings. The maximum atomic E-state index is 15.0. The van der Waals surface area contributed by atoms with Gasteiger partial charge in [-0.1, -0.05) is 23.2 Å². The molecule has 1 unspecified atom stereocenters. The number of likely N-dealkylation sites (tertiary alicyclic amines) is 1. The number of nitrogens with zero attached hydrogens (tertiary/aromatic N) is 1. The monoisotopic (exact) mass is 571 g/mol. The van der Waals surface area contributed by atoms with E-state index in [0.717, 1.165) is 6.07 Å². The van der Waals surface area contributed by atoms with Crippen LogP contribution < -0.4 is 10.6 Å². The summed E-state index contributed by atoms with van der Waals surface area (Å²) in [5, 5.41) is 6.17. The van der Waals surface area contributed by atoms with Crippen LogP contribution in [-0.4, -0.2) is 51.9 Å². The number of rotatable bonds is 8. The van der Waals surface area contributed by atoms with Crippen molar-refractivity contribution >= 4 is 46.4 Å². The van der Waals surface area contributed by atoms with Gasteiger partial charge in [0.15, 0.2) is 4.90 Å². The van der Waals surface area contributed by atoms with Crippen LogP contribution in [0.2, 0.25) is 10.0 Å². The lowest BCUT2D eigenvalue weighted by Gasteiger charge is -2.22. The summed E-state index contributed by atoms with van der Waals surface area (Å²) < 4.78 is 32.6. The van der Waals surface area contributed by atoms with Crippen LogP contribution in [0.5, 0.6) is 0 Å². The average Bonchev–Trinajstić information content (AvgIpc) is 3.24. The lowest BCUT2D eigenvalue weighted by molar-refractivity contribution is 0.0505. The fourth-order valence-corrected chi connectivity index (χ4v) is 5.44. The van der Waals surface area contributed by atoms with E-state index in [4.69, 9.17) is 27.9 Å². The molecule has 1 saturated heterocycles. The van der Waals surface area contributed by atoms with E-state index in [9.17, 15) is 14.1 Å². The third kappa shape index (κ3) is 8.48. The number of benzene rings is 2. The predicted molar refractivity (Wildman–Crippen MR) is 144 cm³/mol. The lowest BCUT2D eigenvalue weighted by Crippen LogP contribution is -2.40. The Morgan fingerprint density at radius 1 is 1.24 bits per heavy atom. The molecule has 1 heterocycles. The van der Waals surface area contributed by atoms with Crippen molar-refractivity contribution in [3.05, 3.63) is 62.9 Å². The van der Waals surface area contributed by atoms with Crippen LogP contribution >= 0.6 is 23.2 Å². The van der Waals surface area contributed by atoms with Gasteiger partial charge in [0, 0.05) is 59.0 Å². The maximum Gasteiger partial charge on any atom is 0.407 e. The largest absolute Gasteiger partial charge is 0.611 e. The van der Waals surface area contributed by atoms with Gasteiger partial charge in [-0.15, -0.1) is 0 Å². The van der Waals surface area contributed by atoms with E-state index >= 15 is 4.39 Å². The molecule has 1 fully saturated rings. The van der Waals surface area contributed by atoms with Crippen molar-refractivity contribution < 1.29 is 23.3 Å². The second-order valence-electron chi connectivity index (χ2n) is 9.85. The normalized spacial score (nSPS) is 16.9. The van der Waals surface area contributed by atoms with Crippen LogP contribution in [0.4, 0.5) is 9.18 Å². The summed E-state index contributed by atoms with van der Waals surface area (Å²) in [4.78, 5) is 27.4. The molecule has 2 aromatic carbocycles. The number of amides is 2. The average molecular weight is 573 g/mol. The standard InChI is InChI=1S/C26H32Cl2FN3O4S/c1-5-37(35)23-7-6-18(27)10-17(23)13-30-24(33)16-11-21(28)20(22(29)12-16)15-32-9-8-19(14-32)31-25(34)36-26(2,3)4/h6-7,10-12,19H,5,8-9,13-15H2,1-4H3,(H,30,33)(H,31,34)/t19-,37?/m1/s1. The molecule has 0 bridgehead atoms. The molecule has 0 radical (unpaired) electrons. The van der Waals surface area contributed by atoms with Crippen LogP contribution in [0.25, 0.3) is 0 Å². The molecular weight excluding hydrogens is 540 g/mol. The number of carbonyl (C=O) groups excluding carboxylic acids is 2. The summed E-state index contributed by atoms with van der Waals surface area (Å²) in [6.07, 6.45) is 0.220. The van der Waals surface area contributed by atoms with E-state index in [1.54, 1.807) is 45.9 Å². The minimum atomic E-state index is -1.22. The van der Waals surface area contributed by atoms with E-state index in [1.807, 2.05) is 4.90 Å². The molecule has 1 aliphatic heterocycles. The zero-order valence-electron chi connectivity index (χ0n) is 21.3. The highest BCUT2D eigenvalue weighted by Crippen LogP contribution is 2.26. The highest BCUT2D eigenvalue weighted by molar-refractivity contribution is 7.91. The zero-order chi connectivity index (χ0) is 27.3. The van der Waals surface area contributed by atoms with Gasteiger partial charge in [0.1, 0.15) is 17.2 Å². The number of ether oxygens (including phenoxy) is 1. The number of carbonyl (C=O) groups is 2. The fraction of sp³-hybridized carbons (Fsp3) is 0.462. The maximum absolute atomic E-state index is 15.0. The Labute approximate surface area is 230 Å². The van der Waals surface area contributed by atoms with Crippen LogP contribution in [0.3, 0.4) is 0 Å². The first-order valence-corrected chi connectivity index (χ1v) is 14.1. The van der Waals surface area contributed by atoms with Crippen molar-refractivity contribution in [1.82, 2.24) is 15.5 Å². The Bertz CT molecular complexity index is 1120. The molecule has 2 amide bonds. The summed E-state index contributed by atoms with van der Waals surface area (Å²) >= 11 is 11.2. The van der Waals surface area contributed by atoms with Gasteiger partial charge < -0.3 is 19.9 Å². The molecule has 2 aromatic rings. The summed E-state index contributed by atoms with van der Waals surface area (Å²) in [6.45, 7) is 8.70. The van der Waals surface area contributed by atoms with Crippen molar-refractivity contribution in [2.45, 2.75) is 63.7 Å². The van der Waals surface area contributed by atoms with Crippen molar-refractivity contribution in [2.75, 3.05) is 18.8 Å². The van der Waals surface area contributed by atoms with Gasteiger partial charge in [0.25, 0.3) is 5.91 Å². The molecule has 2 N–H and O–H groups in total. The van der Waals surface area contributed by atoms with E-state index in [-0.39, 0.29) is 35.3 Å². The van der Waals surface area contributed by atoms with Gasteiger partial charge in [-0.3, -0.25) is 9.69 Å². The van der Waals surface area contributed by atoms with Crippen LogP contribution in [0.1, 0.15) is 55.6 Å². The van der Waals surface area contributed by atoms with Crippen molar-refractivity contribution in [1.29, 1.82) is 0 Å².